The van der Waals surface area contributed by atoms with Gasteiger partial charge in [-0.2, -0.15) is 0 Å². The summed E-state index contributed by atoms with van der Waals surface area (Å²) < 4.78 is 0. The number of benzene rings is 1. The van der Waals surface area contributed by atoms with E-state index in [-0.39, 0.29) is 11.9 Å². The maximum atomic E-state index is 12.7. The summed E-state index contributed by atoms with van der Waals surface area (Å²) in [5, 5.41) is 4.39. The van der Waals surface area contributed by atoms with Crippen molar-refractivity contribution in [3.05, 3.63) is 41.6 Å². The second-order valence-corrected chi connectivity index (χ2v) is 10.1. The predicted octanol–water partition coefficient (Wildman–Crippen LogP) is 2.15. The molecule has 7 nitrogen and oxygen atoms in total. The van der Waals surface area contributed by atoms with Crippen molar-refractivity contribution < 1.29 is 4.79 Å². The molecule has 0 radical (unpaired) electrons. The van der Waals surface area contributed by atoms with E-state index in [1.165, 1.54) is 16.5 Å². The molecule has 3 aliphatic rings. The first kappa shape index (κ1) is 22.4. The zero-order chi connectivity index (χ0) is 22.8. The third kappa shape index (κ3) is 5.42. The van der Waals surface area contributed by atoms with Gasteiger partial charge in [-0.25, -0.2) is 0 Å². The number of nitrogens with zero attached hydrogens (tertiary/aromatic N) is 5. The van der Waals surface area contributed by atoms with Crippen molar-refractivity contribution in [1.29, 1.82) is 0 Å². The summed E-state index contributed by atoms with van der Waals surface area (Å²) in [6.45, 7) is 10.8. The first-order valence-electron chi connectivity index (χ1n) is 12.4. The number of likely N-dealkylation sites (N-methyl/N-ethyl adjacent to an activating group) is 1. The minimum Gasteiger partial charge on any atom is -0.354 e. The molecule has 3 atom stereocenters. The Bertz CT molecular complexity index is 1010. The summed E-state index contributed by atoms with van der Waals surface area (Å²) in [4.78, 5) is 28.9. The van der Waals surface area contributed by atoms with Crippen LogP contribution in [0.4, 0.5) is 0 Å². The molecule has 1 amide bonds. The Balaban J connectivity index is 1.19. The molecule has 0 saturated carbocycles. The van der Waals surface area contributed by atoms with E-state index in [0.29, 0.717) is 18.4 Å². The summed E-state index contributed by atoms with van der Waals surface area (Å²) >= 11 is 0. The lowest BCUT2D eigenvalue weighted by Gasteiger charge is -2.37. The van der Waals surface area contributed by atoms with Crippen molar-refractivity contribution in [3.63, 3.8) is 0 Å². The van der Waals surface area contributed by atoms with E-state index < -0.39 is 0 Å². The fraction of sp³-hybridized carbons (Fsp3) is 0.577. The molecule has 1 N–H and O–H groups in total. The van der Waals surface area contributed by atoms with Crippen LogP contribution in [0.3, 0.4) is 0 Å². The number of carbonyl (C=O) groups excluding carboxylic acids is 1. The summed E-state index contributed by atoms with van der Waals surface area (Å²) in [5.41, 5.74) is 3.63. The van der Waals surface area contributed by atoms with Gasteiger partial charge in [-0.05, 0) is 36.9 Å². The maximum Gasteiger partial charge on any atom is 0.234 e. The molecule has 0 spiro atoms. The Morgan fingerprint density at radius 2 is 1.88 bits per heavy atom. The Kier molecular flexibility index (Phi) is 6.71. The van der Waals surface area contributed by atoms with E-state index in [9.17, 15) is 4.79 Å². The van der Waals surface area contributed by atoms with E-state index in [1.54, 1.807) is 0 Å². The first-order valence-corrected chi connectivity index (χ1v) is 12.4. The number of piperidine rings is 1. The standard InChI is InChI=1S/C26H36N6O/c1-19-14-20(21-5-6-23(24-15-29-24)26-22(21)4-3-7-28-26)17-32(16-19)18-25(33)27-8-9-31-12-10-30(2)11-13-31/h3-7,15,19-20,24H,8-14,16-18H2,1-2H3,(H,27,33)/t19-,20-,24?/m1/s1. The molecule has 2 aromatic rings. The van der Waals surface area contributed by atoms with Crippen molar-refractivity contribution in [2.75, 3.05) is 66.0 Å². The highest BCUT2D eigenvalue weighted by atomic mass is 16.2. The molecule has 2 saturated heterocycles. The van der Waals surface area contributed by atoms with Crippen LogP contribution < -0.4 is 5.32 Å². The second kappa shape index (κ2) is 9.87. The number of amides is 1. The van der Waals surface area contributed by atoms with Crippen LogP contribution in [-0.4, -0.2) is 97.8 Å². The maximum absolute atomic E-state index is 12.7. The highest BCUT2D eigenvalue weighted by Crippen LogP contribution is 2.37. The van der Waals surface area contributed by atoms with Crippen LogP contribution >= 0.6 is 0 Å². The van der Waals surface area contributed by atoms with Gasteiger partial charge in [0.1, 0.15) is 6.04 Å². The van der Waals surface area contributed by atoms with Gasteiger partial charge in [0.05, 0.1) is 12.1 Å². The molecular weight excluding hydrogens is 412 g/mol. The monoisotopic (exact) mass is 448 g/mol. The van der Waals surface area contributed by atoms with Crippen LogP contribution in [0.25, 0.3) is 10.9 Å². The van der Waals surface area contributed by atoms with E-state index >= 15 is 0 Å². The SMILES string of the molecule is C[C@@H]1C[C@@H](c2ccc(C3C=N3)c3ncccc23)CN(CC(=O)NCCN2CCN(C)CC2)C1. The van der Waals surface area contributed by atoms with Gasteiger partial charge in [-0.3, -0.25) is 24.6 Å². The van der Waals surface area contributed by atoms with Gasteiger partial charge in [0, 0.05) is 75.7 Å². The number of rotatable bonds is 7. The molecule has 2 fully saturated rings. The zero-order valence-electron chi connectivity index (χ0n) is 19.9. The van der Waals surface area contributed by atoms with E-state index in [4.69, 9.17) is 4.98 Å². The van der Waals surface area contributed by atoms with E-state index in [1.807, 2.05) is 18.5 Å². The van der Waals surface area contributed by atoms with Crippen LogP contribution in [0, 0.1) is 5.92 Å². The predicted molar refractivity (Wildman–Crippen MR) is 133 cm³/mol. The number of piperazine rings is 1. The van der Waals surface area contributed by atoms with Gasteiger partial charge in [-0.1, -0.05) is 25.1 Å². The third-order valence-electron chi connectivity index (χ3n) is 7.34. The number of hydrogen-bond donors (Lipinski definition) is 1. The van der Waals surface area contributed by atoms with Crippen LogP contribution in [0.15, 0.2) is 35.5 Å². The van der Waals surface area contributed by atoms with Crippen LogP contribution in [0.2, 0.25) is 0 Å². The van der Waals surface area contributed by atoms with Crippen molar-refractivity contribution in [2.24, 2.45) is 10.9 Å². The topological polar surface area (TPSA) is 64.1 Å². The number of fused-ring (bicyclic) bond motifs is 1. The van der Waals surface area contributed by atoms with Gasteiger partial charge in [0.2, 0.25) is 5.91 Å². The van der Waals surface area contributed by atoms with Gasteiger partial charge >= 0.3 is 0 Å². The van der Waals surface area contributed by atoms with E-state index in [2.05, 4.69) is 57.2 Å². The molecule has 1 aromatic carbocycles. The summed E-state index contributed by atoms with van der Waals surface area (Å²) in [6, 6.07) is 8.90. The average molecular weight is 449 g/mol. The van der Waals surface area contributed by atoms with Crippen molar-refractivity contribution in [1.82, 2.24) is 25.0 Å². The Hall–Kier alpha value is -2.35. The van der Waals surface area contributed by atoms with E-state index in [0.717, 1.165) is 64.3 Å². The Morgan fingerprint density at radius 3 is 2.67 bits per heavy atom. The highest BCUT2D eigenvalue weighted by molar-refractivity contribution is 5.92. The van der Waals surface area contributed by atoms with Gasteiger partial charge in [-0.15, -0.1) is 0 Å². The van der Waals surface area contributed by atoms with Crippen LogP contribution in [0.5, 0.6) is 0 Å². The molecule has 5 rings (SSSR count). The quantitative estimate of drug-likeness (QED) is 0.703. The normalized spacial score (nSPS) is 26.5. The minimum atomic E-state index is 0.143. The molecule has 33 heavy (non-hydrogen) atoms. The molecule has 0 aliphatic carbocycles. The number of hydrogen-bond acceptors (Lipinski definition) is 6. The molecule has 3 aliphatic heterocycles. The van der Waals surface area contributed by atoms with Crippen molar-refractivity contribution in [2.45, 2.75) is 25.3 Å². The minimum absolute atomic E-state index is 0.143. The smallest absolute Gasteiger partial charge is 0.234 e. The number of pyridine rings is 1. The Morgan fingerprint density at radius 1 is 1.09 bits per heavy atom. The largest absolute Gasteiger partial charge is 0.354 e. The van der Waals surface area contributed by atoms with Crippen molar-refractivity contribution in [3.8, 4) is 0 Å². The van der Waals surface area contributed by atoms with Crippen molar-refractivity contribution >= 4 is 23.0 Å². The second-order valence-electron chi connectivity index (χ2n) is 10.1. The van der Waals surface area contributed by atoms with Gasteiger partial charge < -0.3 is 10.2 Å². The third-order valence-corrected chi connectivity index (χ3v) is 7.34. The summed E-state index contributed by atoms with van der Waals surface area (Å²) in [6.07, 6.45) is 5.00. The lowest BCUT2D eigenvalue weighted by molar-refractivity contribution is -0.122. The highest BCUT2D eigenvalue weighted by Gasteiger charge is 2.29. The van der Waals surface area contributed by atoms with Gasteiger partial charge in [0.25, 0.3) is 0 Å². The average Bonchev–Trinajstić information content (AvgIpc) is 3.64. The fourth-order valence-corrected chi connectivity index (χ4v) is 5.51. The summed E-state index contributed by atoms with van der Waals surface area (Å²) in [5.74, 6) is 1.11. The number of aliphatic imine (C=N–C) groups is 1. The first-order chi connectivity index (χ1) is 16.1. The molecule has 7 heteroatoms. The molecule has 176 valence electrons. The molecule has 4 heterocycles. The Labute approximate surface area is 196 Å². The number of carbonyl (C=O) groups is 1. The molecular formula is C26H36N6O. The van der Waals surface area contributed by atoms with Crippen LogP contribution in [0.1, 0.15) is 36.4 Å². The number of aromatic nitrogens is 1. The lowest BCUT2D eigenvalue weighted by Crippen LogP contribution is -2.48. The summed E-state index contributed by atoms with van der Waals surface area (Å²) in [7, 11) is 2.17. The molecule has 1 aromatic heterocycles. The zero-order valence-corrected chi connectivity index (χ0v) is 19.9. The lowest BCUT2D eigenvalue weighted by atomic mass is 9.83. The molecule has 0 bridgehead atoms. The number of likely N-dealkylation sites (tertiary alicyclic amines) is 1. The number of nitrogens with one attached hydrogen (secondary N) is 1. The van der Waals surface area contributed by atoms with Gasteiger partial charge in [0.15, 0.2) is 0 Å². The molecule has 1 unspecified atom stereocenters. The van der Waals surface area contributed by atoms with Crippen LogP contribution in [-0.2, 0) is 4.79 Å². The fourth-order valence-electron chi connectivity index (χ4n) is 5.51.